The SMILES string of the molecule is CCCn1ccc(CNC(C)(CO)c2ccccc2)c1. The van der Waals surface area contributed by atoms with Crippen LogP contribution in [0.3, 0.4) is 0 Å². The quantitative estimate of drug-likeness (QED) is 0.813. The molecule has 0 saturated carbocycles. The topological polar surface area (TPSA) is 37.2 Å². The van der Waals surface area contributed by atoms with Crippen LogP contribution in [0.15, 0.2) is 48.8 Å². The second-order valence-corrected chi connectivity index (χ2v) is 5.47. The summed E-state index contributed by atoms with van der Waals surface area (Å²) in [6.07, 6.45) is 5.42. The van der Waals surface area contributed by atoms with Gasteiger partial charge < -0.3 is 15.0 Å². The van der Waals surface area contributed by atoms with Gasteiger partial charge in [-0.3, -0.25) is 0 Å². The standard InChI is InChI=1S/C17H24N2O/c1-3-10-19-11-9-15(13-19)12-18-17(2,14-20)16-7-5-4-6-8-16/h4-9,11,13,18,20H,3,10,12,14H2,1-2H3. The predicted molar refractivity (Wildman–Crippen MR) is 82.4 cm³/mol. The van der Waals surface area contributed by atoms with Gasteiger partial charge in [-0.1, -0.05) is 37.3 Å². The van der Waals surface area contributed by atoms with Gasteiger partial charge in [0.25, 0.3) is 0 Å². The summed E-state index contributed by atoms with van der Waals surface area (Å²) in [7, 11) is 0. The molecule has 0 amide bonds. The van der Waals surface area contributed by atoms with Gasteiger partial charge in [-0.2, -0.15) is 0 Å². The van der Waals surface area contributed by atoms with Crippen molar-refractivity contribution in [3.05, 3.63) is 59.9 Å². The Bertz CT molecular complexity index is 521. The maximum absolute atomic E-state index is 9.74. The van der Waals surface area contributed by atoms with Crippen molar-refractivity contribution in [1.82, 2.24) is 9.88 Å². The highest BCUT2D eigenvalue weighted by atomic mass is 16.3. The van der Waals surface area contributed by atoms with E-state index in [9.17, 15) is 5.11 Å². The third-order valence-electron chi connectivity index (χ3n) is 3.70. The number of hydrogen-bond acceptors (Lipinski definition) is 2. The van der Waals surface area contributed by atoms with Crippen molar-refractivity contribution in [3.8, 4) is 0 Å². The predicted octanol–water partition coefficient (Wildman–Crippen LogP) is 2.90. The van der Waals surface area contributed by atoms with Crippen LogP contribution in [0.4, 0.5) is 0 Å². The maximum Gasteiger partial charge on any atom is 0.0652 e. The zero-order valence-corrected chi connectivity index (χ0v) is 12.3. The lowest BCUT2D eigenvalue weighted by Gasteiger charge is -2.29. The number of aliphatic hydroxyl groups excluding tert-OH is 1. The molecule has 0 radical (unpaired) electrons. The number of aromatic nitrogens is 1. The Hall–Kier alpha value is -1.58. The number of nitrogens with zero attached hydrogens (tertiary/aromatic N) is 1. The Morgan fingerprint density at radius 2 is 1.95 bits per heavy atom. The molecule has 108 valence electrons. The third-order valence-corrected chi connectivity index (χ3v) is 3.70. The first-order valence-corrected chi connectivity index (χ1v) is 7.24. The fourth-order valence-corrected chi connectivity index (χ4v) is 2.34. The minimum Gasteiger partial charge on any atom is -0.394 e. The summed E-state index contributed by atoms with van der Waals surface area (Å²) in [4.78, 5) is 0. The number of aryl methyl sites for hydroxylation is 1. The Balaban J connectivity index is 2.03. The van der Waals surface area contributed by atoms with Crippen LogP contribution in [0.1, 0.15) is 31.4 Å². The maximum atomic E-state index is 9.74. The van der Waals surface area contributed by atoms with E-state index < -0.39 is 5.54 Å². The zero-order chi connectivity index (χ0) is 14.4. The molecule has 3 heteroatoms. The largest absolute Gasteiger partial charge is 0.394 e. The first kappa shape index (κ1) is 14.8. The summed E-state index contributed by atoms with van der Waals surface area (Å²) in [5.74, 6) is 0. The highest BCUT2D eigenvalue weighted by Crippen LogP contribution is 2.20. The number of aliphatic hydroxyl groups is 1. The molecule has 1 aromatic carbocycles. The van der Waals surface area contributed by atoms with Gasteiger partial charge >= 0.3 is 0 Å². The molecular formula is C17H24N2O. The van der Waals surface area contributed by atoms with E-state index in [4.69, 9.17) is 0 Å². The molecule has 0 saturated heterocycles. The Morgan fingerprint density at radius 3 is 2.60 bits per heavy atom. The van der Waals surface area contributed by atoms with E-state index in [1.807, 2.05) is 37.3 Å². The van der Waals surface area contributed by atoms with Crippen LogP contribution in [-0.2, 0) is 18.6 Å². The molecule has 0 bridgehead atoms. The second kappa shape index (κ2) is 6.73. The lowest BCUT2D eigenvalue weighted by atomic mass is 9.93. The fraction of sp³-hybridized carbons (Fsp3) is 0.412. The highest BCUT2D eigenvalue weighted by molar-refractivity contribution is 5.24. The molecule has 20 heavy (non-hydrogen) atoms. The van der Waals surface area contributed by atoms with Crippen LogP contribution in [-0.4, -0.2) is 16.3 Å². The van der Waals surface area contributed by atoms with Crippen LogP contribution in [0.25, 0.3) is 0 Å². The van der Waals surface area contributed by atoms with E-state index >= 15 is 0 Å². The molecule has 1 unspecified atom stereocenters. The van der Waals surface area contributed by atoms with Crippen LogP contribution in [0, 0.1) is 0 Å². The van der Waals surface area contributed by atoms with Crippen LogP contribution >= 0.6 is 0 Å². The molecule has 2 rings (SSSR count). The number of benzene rings is 1. The minimum absolute atomic E-state index is 0.0761. The summed E-state index contributed by atoms with van der Waals surface area (Å²) in [5, 5.41) is 13.2. The van der Waals surface area contributed by atoms with Crippen molar-refractivity contribution in [2.45, 2.75) is 38.9 Å². The molecule has 0 aliphatic heterocycles. The molecule has 1 atom stereocenters. The van der Waals surface area contributed by atoms with E-state index in [2.05, 4.69) is 35.3 Å². The first-order valence-electron chi connectivity index (χ1n) is 7.24. The molecule has 1 heterocycles. The summed E-state index contributed by atoms with van der Waals surface area (Å²) in [6.45, 7) is 6.09. The van der Waals surface area contributed by atoms with Crippen molar-refractivity contribution in [3.63, 3.8) is 0 Å². The fourth-order valence-electron chi connectivity index (χ4n) is 2.34. The summed E-state index contributed by atoms with van der Waals surface area (Å²) in [5.41, 5.74) is 1.94. The van der Waals surface area contributed by atoms with E-state index in [1.165, 1.54) is 5.56 Å². The normalized spacial score (nSPS) is 14.2. The van der Waals surface area contributed by atoms with Gasteiger partial charge in [0, 0.05) is 25.5 Å². The third kappa shape index (κ3) is 3.50. The van der Waals surface area contributed by atoms with Gasteiger partial charge in [0.2, 0.25) is 0 Å². The van der Waals surface area contributed by atoms with E-state index in [0.29, 0.717) is 0 Å². The van der Waals surface area contributed by atoms with Gasteiger partial charge in [0.1, 0.15) is 0 Å². The first-order chi connectivity index (χ1) is 9.68. The molecule has 0 aliphatic rings. The molecule has 2 aromatic rings. The van der Waals surface area contributed by atoms with Crippen molar-refractivity contribution < 1.29 is 5.11 Å². The molecular weight excluding hydrogens is 248 g/mol. The molecule has 1 aromatic heterocycles. The van der Waals surface area contributed by atoms with Gasteiger partial charge in [-0.25, -0.2) is 0 Å². The van der Waals surface area contributed by atoms with Crippen molar-refractivity contribution in [2.24, 2.45) is 0 Å². The van der Waals surface area contributed by atoms with E-state index in [-0.39, 0.29) is 6.61 Å². The molecule has 2 N–H and O–H groups in total. The van der Waals surface area contributed by atoms with Crippen LogP contribution in [0.5, 0.6) is 0 Å². The van der Waals surface area contributed by atoms with Crippen molar-refractivity contribution in [2.75, 3.05) is 6.61 Å². The smallest absolute Gasteiger partial charge is 0.0652 e. The van der Waals surface area contributed by atoms with E-state index in [0.717, 1.165) is 25.1 Å². The Labute approximate surface area is 121 Å². The lowest BCUT2D eigenvalue weighted by molar-refractivity contribution is 0.173. The molecule has 0 fully saturated rings. The van der Waals surface area contributed by atoms with Gasteiger partial charge in [-0.15, -0.1) is 0 Å². The zero-order valence-electron chi connectivity index (χ0n) is 12.3. The summed E-state index contributed by atoms with van der Waals surface area (Å²) >= 11 is 0. The minimum atomic E-state index is -0.409. The van der Waals surface area contributed by atoms with Gasteiger partial charge in [0.15, 0.2) is 0 Å². The number of nitrogens with one attached hydrogen (secondary N) is 1. The molecule has 0 aliphatic carbocycles. The summed E-state index contributed by atoms with van der Waals surface area (Å²) in [6, 6.07) is 12.2. The Kier molecular flexibility index (Phi) is 4.99. The Morgan fingerprint density at radius 1 is 1.20 bits per heavy atom. The average molecular weight is 272 g/mol. The van der Waals surface area contributed by atoms with E-state index in [1.54, 1.807) is 0 Å². The number of rotatable bonds is 7. The monoisotopic (exact) mass is 272 g/mol. The van der Waals surface area contributed by atoms with Gasteiger partial charge in [-0.05, 0) is 30.5 Å². The molecule has 0 spiro atoms. The van der Waals surface area contributed by atoms with Gasteiger partial charge in [0.05, 0.1) is 12.1 Å². The average Bonchev–Trinajstić information content (AvgIpc) is 2.94. The summed E-state index contributed by atoms with van der Waals surface area (Å²) < 4.78 is 2.20. The van der Waals surface area contributed by atoms with Crippen molar-refractivity contribution in [1.29, 1.82) is 0 Å². The molecule has 3 nitrogen and oxygen atoms in total. The van der Waals surface area contributed by atoms with Crippen LogP contribution < -0.4 is 5.32 Å². The second-order valence-electron chi connectivity index (χ2n) is 5.47. The highest BCUT2D eigenvalue weighted by Gasteiger charge is 2.24. The van der Waals surface area contributed by atoms with Crippen LogP contribution in [0.2, 0.25) is 0 Å². The number of hydrogen-bond donors (Lipinski definition) is 2. The lowest BCUT2D eigenvalue weighted by Crippen LogP contribution is -2.42. The van der Waals surface area contributed by atoms with Crippen molar-refractivity contribution >= 4 is 0 Å².